The maximum absolute atomic E-state index is 5.99. The number of hydrogen-bond acceptors (Lipinski definition) is 3. The van der Waals surface area contributed by atoms with Gasteiger partial charge in [0.2, 0.25) is 0 Å². The fourth-order valence-electron chi connectivity index (χ4n) is 2.16. The molecule has 1 fully saturated rings. The molecular formula is C13H21N3. The number of hydrazine groups is 1. The van der Waals surface area contributed by atoms with Crippen LogP contribution in [-0.4, -0.2) is 6.04 Å². The molecule has 0 spiro atoms. The number of anilines is 1. The normalized spacial score (nSPS) is 25.9. The van der Waals surface area contributed by atoms with E-state index in [0.717, 1.165) is 12.1 Å². The Labute approximate surface area is 97.4 Å². The SMILES string of the molecule is CC(C)(C)C1CC(c2ccccc2N)NN1. The van der Waals surface area contributed by atoms with Gasteiger partial charge in [0.05, 0.1) is 0 Å². The Morgan fingerprint density at radius 3 is 2.44 bits per heavy atom. The predicted molar refractivity (Wildman–Crippen MR) is 67.7 cm³/mol. The van der Waals surface area contributed by atoms with Gasteiger partial charge >= 0.3 is 0 Å². The molecule has 1 aromatic rings. The Balaban J connectivity index is 2.13. The van der Waals surface area contributed by atoms with Crippen LogP contribution in [-0.2, 0) is 0 Å². The van der Waals surface area contributed by atoms with Crippen LogP contribution in [0.2, 0.25) is 0 Å². The van der Waals surface area contributed by atoms with Crippen LogP contribution in [0.3, 0.4) is 0 Å². The Morgan fingerprint density at radius 2 is 1.88 bits per heavy atom. The number of rotatable bonds is 1. The monoisotopic (exact) mass is 219 g/mol. The molecule has 0 amide bonds. The van der Waals surface area contributed by atoms with Crippen molar-refractivity contribution in [2.75, 3.05) is 5.73 Å². The standard InChI is InChI=1S/C13H21N3/c1-13(2,3)12-8-11(15-16-12)9-6-4-5-7-10(9)14/h4-7,11-12,15-16H,8,14H2,1-3H3. The second-order valence-corrected chi connectivity index (χ2v) is 5.62. The smallest absolute Gasteiger partial charge is 0.0498 e. The molecule has 1 aliphatic rings. The summed E-state index contributed by atoms with van der Waals surface area (Å²) in [5.41, 5.74) is 15.0. The van der Waals surface area contributed by atoms with Crippen LogP contribution < -0.4 is 16.6 Å². The lowest BCUT2D eigenvalue weighted by Crippen LogP contribution is -2.39. The van der Waals surface area contributed by atoms with E-state index in [4.69, 9.17) is 5.73 Å². The third-order valence-electron chi connectivity index (χ3n) is 3.32. The highest BCUT2D eigenvalue weighted by Gasteiger charge is 2.33. The van der Waals surface area contributed by atoms with Gasteiger partial charge in [-0.1, -0.05) is 39.0 Å². The van der Waals surface area contributed by atoms with Gasteiger partial charge < -0.3 is 5.73 Å². The van der Waals surface area contributed by atoms with Crippen LogP contribution >= 0.6 is 0 Å². The van der Waals surface area contributed by atoms with Crippen molar-refractivity contribution in [3.8, 4) is 0 Å². The molecule has 2 atom stereocenters. The quantitative estimate of drug-likeness (QED) is 0.635. The molecule has 2 unspecified atom stereocenters. The van der Waals surface area contributed by atoms with Crippen molar-refractivity contribution in [2.45, 2.75) is 39.3 Å². The summed E-state index contributed by atoms with van der Waals surface area (Å²) in [6, 6.07) is 8.88. The number of nitrogens with two attached hydrogens (primary N) is 1. The first-order valence-corrected chi connectivity index (χ1v) is 5.84. The average Bonchev–Trinajstić information content (AvgIpc) is 2.66. The second-order valence-electron chi connectivity index (χ2n) is 5.62. The molecule has 16 heavy (non-hydrogen) atoms. The molecule has 0 saturated carbocycles. The largest absolute Gasteiger partial charge is 0.398 e. The van der Waals surface area contributed by atoms with Crippen LogP contribution in [0.4, 0.5) is 5.69 Å². The summed E-state index contributed by atoms with van der Waals surface area (Å²) in [5.74, 6) is 0. The summed E-state index contributed by atoms with van der Waals surface area (Å²) in [5, 5.41) is 0. The molecule has 1 aromatic carbocycles. The van der Waals surface area contributed by atoms with Gasteiger partial charge in [0.25, 0.3) is 0 Å². The molecule has 88 valence electrons. The van der Waals surface area contributed by atoms with Gasteiger partial charge in [-0.25, -0.2) is 5.43 Å². The van der Waals surface area contributed by atoms with Gasteiger partial charge in [0.15, 0.2) is 0 Å². The maximum atomic E-state index is 5.99. The van der Waals surface area contributed by atoms with Gasteiger partial charge in [-0.3, -0.25) is 5.43 Å². The minimum atomic E-state index is 0.269. The Kier molecular flexibility index (Phi) is 2.91. The highest BCUT2D eigenvalue weighted by molar-refractivity contribution is 5.48. The topological polar surface area (TPSA) is 50.1 Å². The summed E-state index contributed by atoms with van der Waals surface area (Å²) in [6.07, 6.45) is 1.08. The van der Waals surface area contributed by atoms with Crippen LogP contribution in [0.1, 0.15) is 38.8 Å². The molecule has 3 nitrogen and oxygen atoms in total. The molecule has 2 rings (SSSR count). The minimum Gasteiger partial charge on any atom is -0.398 e. The van der Waals surface area contributed by atoms with Gasteiger partial charge in [-0.15, -0.1) is 0 Å². The van der Waals surface area contributed by atoms with E-state index in [1.54, 1.807) is 0 Å². The van der Waals surface area contributed by atoms with Crippen LogP contribution in [0.25, 0.3) is 0 Å². The zero-order chi connectivity index (χ0) is 11.8. The fraction of sp³-hybridized carbons (Fsp3) is 0.538. The third kappa shape index (κ3) is 2.20. The number of nitrogen functional groups attached to an aromatic ring is 1. The van der Waals surface area contributed by atoms with Crippen molar-refractivity contribution in [3.63, 3.8) is 0 Å². The molecule has 1 heterocycles. The first-order chi connectivity index (χ1) is 7.48. The van der Waals surface area contributed by atoms with Gasteiger partial charge in [0, 0.05) is 17.8 Å². The first kappa shape index (κ1) is 11.4. The number of hydrogen-bond donors (Lipinski definition) is 3. The zero-order valence-electron chi connectivity index (χ0n) is 10.2. The molecule has 3 heteroatoms. The number of para-hydroxylation sites is 1. The van der Waals surface area contributed by atoms with E-state index in [2.05, 4.69) is 37.7 Å². The highest BCUT2D eigenvalue weighted by Crippen LogP contribution is 2.33. The van der Waals surface area contributed by atoms with Gasteiger partial charge in [-0.05, 0) is 23.5 Å². The van der Waals surface area contributed by atoms with E-state index in [1.807, 2.05) is 18.2 Å². The molecule has 1 saturated heterocycles. The summed E-state index contributed by atoms with van der Waals surface area (Å²) in [6.45, 7) is 6.76. The van der Waals surface area contributed by atoms with E-state index < -0.39 is 0 Å². The van der Waals surface area contributed by atoms with Crippen molar-refractivity contribution >= 4 is 5.69 Å². The lowest BCUT2D eigenvalue weighted by atomic mass is 9.83. The van der Waals surface area contributed by atoms with Crippen molar-refractivity contribution in [2.24, 2.45) is 5.41 Å². The molecule has 0 aromatic heterocycles. The summed E-state index contributed by atoms with van der Waals surface area (Å²) in [4.78, 5) is 0. The highest BCUT2D eigenvalue weighted by atomic mass is 15.4. The maximum Gasteiger partial charge on any atom is 0.0498 e. The molecule has 0 bridgehead atoms. The lowest BCUT2D eigenvalue weighted by molar-refractivity contribution is 0.286. The minimum absolute atomic E-state index is 0.269. The summed E-state index contributed by atoms with van der Waals surface area (Å²) < 4.78 is 0. The lowest BCUT2D eigenvalue weighted by Gasteiger charge is -2.26. The Morgan fingerprint density at radius 1 is 1.19 bits per heavy atom. The molecule has 1 aliphatic heterocycles. The van der Waals surface area contributed by atoms with Gasteiger partial charge in [-0.2, -0.15) is 0 Å². The average molecular weight is 219 g/mol. The van der Waals surface area contributed by atoms with Gasteiger partial charge in [0.1, 0.15) is 0 Å². The fourth-order valence-corrected chi connectivity index (χ4v) is 2.16. The third-order valence-corrected chi connectivity index (χ3v) is 3.32. The van der Waals surface area contributed by atoms with Crippen LogP contribution in [0, 0.1) is 5.41 Å². The molecule has 4 N–H and O–H groups in total. The predicted octanol–water partition coefficient (Wildman–Crippen LogP) is 2.22. The van der Waals surface area contributed by atoms with Crippen molar-refractivity contribution < 1.29 is 0 Å². The van der Waals surface area contributed by atoms with Crippen molar-refractivity contribution in [3.05, 3.63) is 29.8 Å². The molecule has 0 aliphatic carbocycles. The summed E-state index contributed by atoms with van der Waals surface area (Å²) >= 11 is 0. The van der Waals surface area contributed by atoms with Crippen molar-refractivity contribution in [1.29, 1.82) is 0 Å². The second kappa shape index (κ2) is 4.07. The van der Waals surface area contributed by atoms with Crippen LogP contribution in [0.15, 0.2) is 24.3 Å². The first-order valence-electron chi connectivity index (χ1n) is 5.84. The number of benzene rings is 1. The van der Waals surface area contributed by atoms with E-state index in [9.17, 15) is 0 Å². The van der Waals surface area contributed by atoms with E-state index in [0.29, 0.717) is 12.1 Å². The molecule has 0 radical (unpaired) electrons. The Hall–Kier alpha value is -1.06. The van der Waals surface area contributed by atoms with E-state index in [1.165, 1.54) is 5.56 Å². The molecular weight excluding hydrogens is 198 g/mol. The van der Waals surface area contributed by atoms with Crippen LogP contribution in [0.5, 0.6) is 0 Å². The van der Waals surface area contributed by atoms with E-state index >= 15 is 0 Å². The zero-order valence-corrected chi connectivity index (χ0v) is 10.2. The van der Waals surface area contributed by atoms with E-state index in [-0.39, 0.29) is 5.41 Å². The number of nitrogens with one attached hydrogen (secondary N) is 2. The Bertz CT molecular complexity index is 368. The van der Waals surface area contributed by atoms with Crippen molar-refractivity contribution in [1.82, 2.24) is 10.9 Å². The summed E-state index contributed by atoms with van der Waals surface area (Å²) in [7, 11) is 0.